The van der Waals surface area contributed by atoms with E-state index in [1.165, 1.54) is 18.7 Å². The molecule has 2 aromatic heterocycles. The first kappa shape index (κ1) is 30.0. The van der Waals surface area contributed by atoms with Crippen LogP contribution in [0.4, 0.5) is 24.7 Å². The summed E-state index contributed by atoms with van der Waals surface area (Å²) in [6.45, 7) is 0.844. The Kier molecular flexibility index (Phi) is 9.18. The van der Waals surface area contributed by atoms with Gasteiger partial charge >= 0.3 is 242 Å². The number of halogens is 3. The van der Waals surface area contributed by atoms with Crippen molar-refractivity contribution in [3.05, 3.63) is 47.7 Å². The standard InChI is InChI=1S/C29H33F3N6O3Se/c1-33-28(40)18-8-11-21(25(17-18)41-2)34-14-4-5-22-27(42-29(30,31)32)24-6-3-7-26(38(24)36-22)35-20-12-9-19-10-13-23(20)37(19)15-16-39/h3,6-8,11,17,19-20,23,34-35,39H,9-10,12-16H2,1-2H3,(H,33,40)/t19-,20-,23-/m1/s1. The fourth-order valence-corrected chi connectivity index (χ4v) is 7.36. The zero-order valence-electron chi connectivity index (χ0n) is 23.3. The third-order valence-corrected chi connectivity index (χ3v) is 9.51. The first-order chi connectivity index (χ1) is 20.2. The average molecular weight is 650 g/mol. The van der Waals surface area contributed by atoms with Crippen LogP contribution in [0.2, 0.25) is 0 Å². The molecule has 13 heteroatoms. The summed E-state index contributed by atoms with van der Waals surface area (Å²) in [4.78, 5) is 14.3. The van der Waals surface area contributed by atoms with E-state index in [-0.39, 0.29) is 41.3 Å². The summed E-state index contributed by atoms with van der Waals surface area (Å²) in [5, 5.41) is 18.9. The minimum atomic E-state index is -4.37. The summed E-state index contributed by atoms with van der Waals surface area (Å²) in [6.07, 6.45) is 4.06. The summed E-state index contributed by atoms with van der Waals surface area (Å²) in [6, 6.07) is 11.0. The molecule has 4 heterocycles. The van der Waals surface area contributed by atoms with Gasteiger partial charge in [-0.3, -0.25) is 0 Å². The molecule has 2 saturated heterocycles. The molecule has 2 aliphatic heterocycles. The molecule has 0 radical (unpaired) electrons. The van der Waals surface area contributed by atoms with E-state index >= 15 is 0 Å². The number of methoxy groups -OCH3 is 1. The number of nitrogens with one attached hydrogen (secondary N) is 3. The molecule has 9 nitrogen and oxygen atoms in total. The van der Waals surface area contributed by atoms with Crippen molar-refractivity contribution in [3.8, 4) is 17.6 Å². The Morgan fingerprint density at radius 1 is 1.21 bits per heavy atom. The van der Waals surface area contributed by atoms with Crippen LogP contribution in [0, 0.1) is 11.8 Å². The third-order valence-electron chi connectivity index (χ3n) is 7.75. The number of pyridine rings is 1. The molecular weight excluding hydrogens is 616 g/mol. The maximum atomic E-state index is 13.7. The number of carbonyl (C=O) groups is 1. The van der Waals surface area contributed by atoms with Crippen molar-refractivity contribution in [2.24, 2.45) is 0 Å². The van der Waals surface area contributed by atoms with Gasteiger partial charge in [-0.25, -0.2) is 0 Å². The van der Waals surface area contributed by atoms with Gasteiger partial charge < -0.3 is 0 Å². The second kappa shape index (κ2) is 12.8. The predicted octanol–water partition coefficient (Wildman–Crippen LogP) is 2.42. The first-order valence-corrected chi connectivity index (χ1v) is 15.5. The second-order valence-electron chi connectivity index (χ2n) is 10.2. The number of aliphatic hydroxyl groups is 1. The molecule has 224 valence electrons. The monoisotopic (exact) mass is 650 g/mol. The Bertz CT molecular complexity index is 1500. The van der Waals surface area contributed by atoms with E-state index in [0.29, 0.717) is 40.9 Å². The van der Waals surface area contributed by atoms with Gasteiger partial charge in [-0.1, -0.05) is 0 Å². The molecule has 3 atom stereocenters. The van der Waals surface area contributed by atoms with Crippen LogP contribution >= 0.6 is 0 Å². The van der Waals surface area contributed by atoms with Crippen molar-refractivity contribution in [2.75, 3.05) is 44.5 Å². The molecule has 4 N–H and O–H groups in total. The molecule has 1 aromatic carbocycles. The topological polar surface area (TPSA) is 103 Å². The van der Waals surface area contributed by atoms with E-state index in [1.807, 2.05) is 6.07 Å². The number of fused-ring (bicyclic) bond motifs is 3. The van der Waals surface area contributed by atoms with Crippen molar-refractivity contribution in [3.63, 3.8) is 0 Å². The number of rotatable bonds is 9. The number of ether oxygens (including phenoxy) is 1. The van der Waals surface area contributed by atoms with Gasteiger partial charge in [0.2, 0.25) is 0 Å². The van der Waals surface area contributed by atoms with E-state index in [1.54, 1.807) is 30.3 Å². The Hall–Kier alpha value is -3.43. The van der Waals surface area contributed by atoms with E-state index in [0.717, 1.165) is 25.7 Å². The fraction of sp³-hybridized carbons (Fsp3) is 0.448. The van der Waals surface area contributed by atoms with Crippen molar-refractivity contribution < 1.29 is 27.8 Å². The molecule has 2 fully saturated rings. The number of nitrogens with zero attached hydrogens (tertiary/aromatic N) is 3. The van der Waals surface area contributed by atoms with E-state index in [9.17, 15) is 23.1 Å². The van der Waals surface area contributed by atoms with E-state index in [2.05, 4.69) is 37.8 Å². The molecule has 0 aliphatic carbocycles. The molecule has 2 aliphatic rings. The molecule has 2 bridgehead atoms. The molecule has 1 amide bonds. The number of piperidine rings is 1. The number of hydrogen-bond donors (Lipinski definition) is 4. The Labute approximate surface area is 248 Å². The second-order valence-corrected chi connectivity index (χ2v) is 12.4. The van der Waals surface area contributed by atoms with Crippen LogP contribution in [0.5, 0.6) is 5.75 Å². The number of anilines is 2. The Morgan fingerprint density at radius 2 is 2.02 bits per heavy atom. The first-order valence-electron chi connectivity index (χ1n) is 13.8. The molecule has 42 heavy (non-hydrogen) atoms. The normalized spacial score (nSPS) is 20.2. The summed E-state index contributed by atoms with van der Waals surface area (Å²) < 4.78 is 48.0. The number of hydrogen-bond acceptors (Lipinski definition) is 7. The van der Waals surface area contributed by atoms with Crippen LogP contribution in [0.25, 0.3) is 5.52 Å². The zero-order chi connectivity index (χ0) is 29.9. The average Bonchev–Trinajstić information content (AvgIpc) is 3.45. The SMILES string of the molecule is CNC(=O)c1ccc(NCC#Cc2nn3c(N[C@@H]4CC[C@@H]5CC[C@H]4N5CCO)cccc3c2[Se]C(F)(F)F)c(OC)c1. The maximum absolute atomic E-state index is 13.7. The number of amides is 1. The molecule has 5 rings (SSSR count). The molecule has 0 spiro atoms. The summed E-state index contributed by atoms with van der Waals surface area (Å²) in [7, 11) is 3.02. The van der Waals surface area contributed by atoms with Gasteiger partial charge in [-0.05, 0) is 0 Å². The van der Waals surface area contributed by atoms with Gasteiger partial charge in [0.05, 0.1) is 0 Å². The molecule has 0 saturated carbocycles. The summed E-state index contributed by atoms with van der Waals surface area (Å²) in [5.41, 5.74) is 1.50. The fourth-order valence-electron chi connectivity index (χ4n) is 5.94. The molecular formula is C29H33F3N6O3Se. The van der Waals surface area contributed by atoms with Crippen molar-refractivity contribution in [1.82, 2.24) is 19.8 Å². The van der Waals surface area contributed by atoms with E-state index < -0.39 is 20.0 Å². The van der Waals surface area contributed by atoms with Crippen LogP contribution in [-0.4, -0.2) is 97.5 Å². The number of alkyl halides is 3. The molecule has 3 aromatic rings. The number of aromatic nitrogens is 2. The summed E-state index contributed by atoms with van der Waals surface area (Å²) in [5.74, 6) is 6.57. The van der Waals surface area contributed by atoms with Gasteiger partial charge in [-0.15, -0.1) is 0 Å². The van der Waals surface area contributed by atoms with Gasteiger partial charge in [0.1, 0.15) is 0 Å². The van der Waals surface area contributed by atoms with Crippen molar-refractivity contribution in [1.29, 1.82) is 0 Å². The minimum absolute atomic E-state index is 0.0881. The number of aliphatic hydroxyl groups excluding tert-OH is 1. The van der Waals surface area contributed by atoms with Gasteiger partial charge in [0.15, 0.2) is 0 Å². The number of benzene rings is 1. The Morgan fingerprint density at radius 3 is 2.76 bits per heavy atom. The predicted molar refractivity (Wildman–Crippen MR) is 156 cm³/mol. The van der Waals surface area contributed by atoms with Crippen LogP contribution < -0.4 is 25.1 Å². The van der Waals surface area contributed by atoms with Crippen LogP contribution in [-0.2, 0) is 0 Å². The van der Waals surface area contributed by atoms with E-state index in [4.69, 9.17) is 4.74 Å². The van der Waals surface area contributed by atoms with Crippen LogP contribution in [0.15, 0.2) is 36.4 Å². The zero-order valence-corrected chi connectivity index (χ0v) is 25.0. The van der Waals surface area contributed by atoms with Gasteiger partial charge in [-0.2, -0.15) is 0 Å². The number of carbonyl (C=O) groups excluding carboxylic acids is 1. The van der Waals surface area contributed by atoms with Crippen molar-refractivity contribution in [2.45, 2.75) is 48.9 Å². The van der Waals surface area contributed by atoms with Gasteiger partial charge in [0.25, 0.3) is 0 Å². The van der Waals surface area contributed by atoms with Crippen molar-refractivity contribution >= 4 is 42.3 Å². The third kappa shape index (κ3) is 6.47. The quantitative estimate of drug-likeness (QED) is 0.209. The van der Waals surface area contributed by atoms with Crippen LogP contribution in [0.1, 0.15) is 41.7 Å². The van der Waals surface area contributed by atoms with Crippen LogP contribution in [0.3, 0.4) is 0 Å². The molecule has 0 unspecified atom stereocenters. The Balaban J connectivity index is 1.39. The van der Waals surface area contributed by atoms with Gasteiger partial charge in [0, 0.05) is 7.05 Å². The summed E-state index contributed by atoms with van der Waals surface area (Å²) >= 11 is -1.84.